The van der Waals surface area contributed by atoms with Gasteiger partial charge in [-0.3, -0.25) is 4.79 Å². The van der Waals surface area contributed by atoms with Gasteiger partial charge in [0.15, 0.2) is 12.0 Å². The number of hydrogen-bond donors (Lipinski definition) is 2. The lowest BCUT2D eigenvalue weighted by molar-refractivity contribution is -0.107. The van der Waals surface area contributed by atoms with Gasteiger partial charge < -0.3 is 19.9 Å². The number of allylic oxidation sites excluding steroid dienone is 1. The zero-order valence-corrected chi connectivity index (χ0v) is 17.5. The minimum Gasteiger partial charge on any atom is -0.493 e. The van der Waals surface area contributed by atoms with Crippen molar-refractivity contribution in [1.29, 1.82) is 0 Å². The van der Waals surface area contributed by atoms with E-state index in [-0.39, 0.29) is 6.04 Å². The maximum atomic E-state index is 11.5. The summed E-state index contributed by atoms with van der Waals surface area (Å²) >= 11 is 0. The maximum Gasteiger partial charge on any atom is 0.184 e. The van der Waals surface area contributed by atoms with Gasteiger partial charge in [0.1, 0.15) is 0 Å². The molecule has 1 aliphatic heterocycles. The molecule has 6 nitrogen and oxygen atoms in total. The van der Waals surface area contributed by atoms with Crippen molar-refractivity contribution in [2.24, 2.45) is 0 Å². The number of piperidine rings is 1. The lowest BCUT2D eigenvalue weighted by Crippen LogP contribution is -2.29. The summed E-state index contributed by atoms with van der Waals surface area (Å²) in [5.41, 5.74) is 5.99. The lowest BCUT2D eigenvalue weighted by atomic mass is 9.97. The zero-order valence-electron chi connectivity index (χ0n) is 17.5. The van der Waals surface area contributed by atoms with E-state index in [1.807, 2.05) is 25.1 Å². The first-order chi connectivity index (χ1) is 14.7. The molecule has 1 fully saturated rings. The Balaban J connectivity index is 1.65. The van der Waals surface area contributed by atoms with Crippen LogP contribution >= 0.6 is 0 Å². The standard InChI is InChI=1S/C24H28N4O2/c1-17(23(15-29)30-2)24(27-19-8-11-21-22(14-19)26-16-25-21)18-6-9-20(10-7-18)28-12-4-3-5-13-28/h6-11,14-16,24,27H,3-5,12-13H2,1-2H3,(H,25,26)/b23-17+. The largest absolute Gasteiger partial charge is 0.493 e. The van der Waals surface area contributed by atoms with Crippen molar-refractivity contribution in [1.82, 2.24) is 9.97 Å². The highest BCUT2D eigenvalue weighted by molar-refractivity contribution is 5.79. The molecule has 1 aromatic heterocycles. The SMILES string of the molecule is CO/C(C=O)=C(\C)C(Nc1ccc2nc[nH]c2c1)c1ccc(N2CCCCC2)cc1. The molecule has 0 bridgehead atoms. The van der Waals surface area contributed by atoms with Crippen molar-refractivity contribution < 1.29 is 9.53 Å². The van der Waals surface area contributed by atoms with Crippen molar-refractivity contribution in [2.45, 2.75) is 32.2 Å². The van der Waals surface area contributed by atoms with Gasteiger partial charge in [0.05, 0.1) is 30.5 Å². The summed E-state index contributed by atoms with van der Waals surface area (Å²) in [6, 6.07) is 14.4. The Hall–Kier alpha value is -3.28. The molecule has 0 amide bonds. The number of aromatic amines is 1. The van der Waals surface area contributed by atoms with Gasteiger partial charge in [-0.1, -0.05) is 12.1 Å². The Morgan fingerprint density at radius 3 is 2.63 bits per heavy atom. The molecular weight excluding hydrogens is 376 g/mol. The van der Waals surface area contributed by atoms with Gasteiger partial charge in [-0.2, -0.15) is 0 Å². The van der Waals surface area contributed by atoms with Gasteiger partial charge in [0.25, 0.3) is 0 Å². The second-order valence-corrected chi connectivity index (χ2v) is 7.72. The molecule has 0 radical (unpaired) electrons. The van der Waals surface area contributed by atoms with Crippen LogP contribution in [-0.2, 0) is 9.53 Å². The van der Waals surface area contributed by atoms with Gasteiger partial charge >= 0.3 is 0 Å². The lowest BCUT2D eigenvalue weighted by Gasteiger charge is -2.29. The molecule has 4 rings (SSSR count). The number of nitrogens with zero attached hydrogens (tertiary/aromatic N) is 2. The van der Waals surface area contributed by atoms with E-state index in [1.165, 1.54) is 32.1 Å². The summed E-state index contributed by atoms with van der Waals surface area (Å²) in [5, 5.41) is 3.57. The number of carbonyl (C=O) groups excluding carboxylic acids is 1. The predicted octanol–water partition coefficient (Wildman–Crippen LogP) is 4.83. The van der Waals surface area contributed by atoms with Gasteiger partial charge in [-0.05, 0) is 67.7 Å². The Morgan fingerprint density at radius 1 is 1.17 bits per heavy atom. The minimum atomic E-state index is -0.194. The number of rotatable bonds is 7. The molecule has 1 atom stereocenters. The van der Waals surface area contributed by atoms with Crippen LogP contribution < -0.4 is 10.2 Å². The first-order valence-corrected chi connectivity index (χ1v) is 10.4. The summed E-state index contributed by atoms with van der Waals surface area (Å²) < 4.78 is 5.33. The van der Waals surface area contributed by atoms with Crippen LogP contribution in [0, 0.1) is 0 Å². The normalized spacial score (nSPS) is 16.1. The highest BCUT2D eigenvalue weighted by atomic mass is 16.5. The third-order valence-electron chi connectivity index (χ3n) is 5.83. The number of nitrogens with one attached hydrogen (secondary N) is 2. The number of aromatic nitrogens is 2. The second-order valence-electron chi connectivity index (χ2n) is 7.72. The fourth-order valence-electron chi connectivity index (χ4n) is 4.11. The number of imidazole rings is 1. The summed E-state index contributed by atoms with van der Waals surface area (Å²) in [6.07, 6.45) is 6.27. The fourth-order valence-corrected chi connectivity index (χ4v) is 4.11. The molecule has 156 valence electrons. The number of methoxy groups -OCH3 is 1. The van der Waals surface area contributed by atoms with Crippen molar-refractivity contribution in [3.8, 4) is 0 Å². The zero-order chi connectivity index (χ0) is 20.9. The first-order valence-electron chi connectivity index (χ1n) is 10.4. The molecular formula is C24H28N4O2. The van der Waals surface area contributed by atoms with E-state index in [0.29, 0.717) is 5.76 Å². The van der Waals surface area contributed by atoms with Crippen LogP contribution in [0.5, 0.6) is 0 Å². The van der Waals surface area contributed by atoms with E-state index >= 15 is 0 Å². The van der Waals surface area contributed by atoms with Gasteiger partial charge in [-0.15, -0.1) is 0 Å². The molecule has 1 unspecified atom stereocenters. The van der Waals surface area contributed by atoms with Crippen LogP contribution in [0.15, 0.2) is 60.1 Å². The van der Waals surface area contributed by atoms with Crippen LogP contribution in [0.25, 0.3) is 11.0 Å². The first kappa shape index (κ1) is 20.0. The number of benzene rings is 2. The number of anilines is 2. The predicted molar refractivity (Wildman–Crippen MR) is 121 cm³/mol. The van der Waals surface area contributed by atoms with Crippen molar-refractivity contribution in [3.05, 3.63) is 65.7 Å². The van der Waals surface area contributed by atoms with Crippen molar-refractivity contribution in [3.63, 3.8) is 0 Å². The second kappa shape index (κ2) is 9.03. The van der Waals surface area contributed by atoms with E-state index in [9.17, 15) is 4.79 Å². The topological polar surface area (TPSA) is 70.2 Å². The average Bonchev–Trinajstić information content (AvgIpc) is 3.27. The number of carbonyl (C=O) groups is 1. The summed E-state index contributed by atoms with van der Waals surface area (Å²) in [7, 11) is 1.53. The molecule has 6 heteroatoms. The molecule has 0 saturated carbocycles. The van der Waals surface area contributed by atoms with Crippen LogP contribution in [0.2, 0.25) is 0 Å². The molecule has 30 heavy (non-hydrogen) atoms. The average molecular weight is 405 g/mol. The van der Waals surface area contributed by atoms with E-state index in [1.54, 1.807) is 6.33 Å². The monoisotopic (exact) mass is 404 g/mol. The van der Waals surface area contributed by atoms with E-state index in [2.05, 4.69) is 44.5 Å². The maximum absolute atomic E-state index is 11.5. The van der Waals surface area contributed by atoms with Gasteiger partial charge in [0.2, 0.25) is 0 Å². The number of hydrogen-bond acceptors (Lipinski definition) is 5. The number of aldehydes is 1. The van der Waals surface area contributed by atoms with Gasteiger partial charge in [-0.25, -0.2) is 4.98 Å². The molecule has 1 aliphatic rings. The van der Waals surface area contributed by atoms with E-state index in [0.717, 1.165) is 47.2 Å². The molecule has 2 heterocycles. The summed E-state index contributed by atoms with van der Waals surface area (Å²) in [5.74, 6) is 0.343. The third-order valence-corrected chi connectivity index (χ3v) is 5.83. The quantitative estimate of drug-likeness (QED) is 0.335. The Kier molecular flexibility index (Phi) is 6.02. The number of H-pyrrole nitrogens is 1. The highest BCUT2D eigenvalue weighted by Gasteiger charge is 2.19. The van der Waals surface area contributed by atoms with E-state index in [4.69, 9.17) is 4.74 Å². The minimum absolute atomic E-state index is 0.194. The fraction of sp³-hybridized carbons (Fsp3) is 0.333. The van der Waals surface area contributed by atoms with Crippen LogP contribution in [0.4, 0.5) is 11.4 Å². The summed E-state index contributed by atoms with van der Waals surface area (Å²) in [4.78, 5) is 21.4. The van der Waals surface area contributed by atoms with Crippen molar-refractivity contribution >= 4 is 28.7 Å². The molecule has 2 N–H and O–H groups in total. The highest BCUT2D eigenvalue weighted by Crippen LogP contribution is 2.31. The summed E-state index contributed by atoms with van der Waals surface area (Å²) in [6.45, 7) is 4.16. The Morgan fingerprint density at radius 2 is 1.93 bits per heavy atom. The van der Waals surface area contributed by atoms with Crippen LogP contribution in [0.1, 0.15) is 37.8 Å². The molecule has 1 saturated heterocycles. The Bertz CT molecular complexity index is 1030. The number of fused-ring (bicyclic) bond motifs is 1. The van der Waals surface area contributed by atoms with Crippen LogP contribution in [-0.4, -0.2) is 36.5 Å². The van der Waals surface area contributed by atoms with E-state index < -0.39 is 0 Å². The van der Waals surface area contributed by atoms with Crippen molar-refractivity contribution in [2.75, 3.05) is 30.4 Å². The molecule has 0 aliphatic carbocycles. The Labute approximate surface area is 177 Å². The van der Waals surface area contributed by atoms with Gasteiger partial charge in [0, 0.05) is 24.5 Å². The van der Waals surface area contributed by atoms with Crippen LogP contribution in [0.3, 0.4) is 0 Å². The number of ether oxygens (including phenoxy) is 1. The molecule has 3 aromatic rings. The molecule has 2 aromatic carbocycles. The smallest absolute Gasteiger partial charge is 0.184 e. The molecule has 0 spiro atoms. The third kappa shape index (κ3) is 4.17.